The van der Waals surface area contributed by atoms with Gasteiger partial charge >= 0.3 is 0 Å². The number of carbonyl (C=O) groups excluding carboxylic acids is 1. The molecule has 0 saturated heterocycles. The molecule has 1 aromatic heterocycles. The molecule has 18 heavy (non-hydrogen) atoms. The van der Waals surface area contributed by atoms with Gasteiger partial charge in [0.25, 0.3) is 5.91 Å². The first-order valence-corrected chi connectivity index (χ1v) is 5.60. The molecule has 0 radical (unpaired) electrons. The summed E-state index contributed by atoms with van der Waals surface area (Å²) in [5.41, 5.74) is 1.14. The Balaban J connectivity index is 1.93. The summed E-state index contributed by atoms with van der Waals surface area (Å²) in [4.78, 5) is 11.8. The molecule has 0 bridgehead atoms. The molecule has 5 heteroatoms. The normalized spacial score (nSPS) is 11.9. The van der Waals surface area contributed by atoms with Crippen molar-refractivity contribution in [1.82, 2.24) is 5.16 Å². The van der Waals surface area contributed by atoms with Gasteiger partial charge in [-0.1, -0.05) is 22.9 Å². The van der Waals surface area contributed by atoms with Crippen LogP contribution in [0.25, 0.3) is 0 Å². The van der Waals surface area contributed by atoms with Crippen molar-refractivity contribution >= 4 is 11.7 Å². The van der Waals surface area contributed by atoms with Gasteiger partial charge in [-0.05, 0) is 26.0 Å². The number of benzene rings is 1. The van der Waals surface area contributed by atoms with Crippen LogP contribution in [0.5, 0.6) is 5.75 Å². The highest BCUT2D eigenvalue weighted by atomic mass is 16.5. The third-order valence-corrected chi connectivity index (χ3v) is 2.39. The Kier molecular flexibility index (Phi) is 3.62. The predicted octanol–water partition coefficient (Wildman–Crippen LogP) is 2.39. The standard InChI is InChI=1S/C13H14N2O3/c1-9-3-5-11(6-4-9)18-10(2)13(16)14-12-7-8-17-15-12/h3-8,10H,1-2H3,(H,14,15,16). The molecule has 1 heterocycles. The zero-order valence-electron chi connectivity index (χ0n) is 10.2. The van der Waals surface area contributed by atoms with Crippen LogP contribution in [-0.4, -0.2) is 17.2 Å². The summed E-state index contributed by atoms with van der Waals surface area (Å²) >= 11 is 0. The summed E-state index contributed by atoms with van der Waals surface area (Å²) in [6.07, 6.45) is 0.783. The van der Waals surface area contributed by atoms with Crippen LogP contribution < -0.4 is 10.1 Å². The summed E-state index contributed by atoms with van der Waals surface area (Å²) in [7, 11) is 0. The Morgan fingerprint density at radius 2 is 2.06 bits per heavy atom. The summed E-state index contributed by atoms with van der Waals surface area (Å²) in [6, 6.07) is 9.08. The molecule has 0 saturated carbocycles. The van der Waals surface area contributed by atoms with Crippen LogP contribution in [0.3, 0.4) is 0 Å². The molecule has 2 aromatic rings. The zero-order chi connectivity index (χ0) is 13.0. The fourth-order valence-electron chi connectivity index (χ4n) is 1.38. The average molecular weight is 246 g/mol. The number of ether oxygens (including phenoxy) is 1. The number of hydrogen-bond acceptors (Lipinski definition) is 4. The monoisotopic (exact) mass is 246 g/mol. The lowest BCUT2D eigenvalue weighted by Gasteiger charge is -2.13. The van der Waals surface area contributed by atoms with Crippen molar-refractivity contribution in [3.63, 3.8) is 0 Å². The largest absolute Gasteiger partial charge is 0.481 e. The van der Waals surface area contributed by atoms with E-state index in [1.165, 1.54) is 6.26 Å². The van der Waals surface area contributed by atoms with Gasteiger partial charge < -0.3 is 14.6 Å². The molecular weight excluding hydrogens is 232 g/mol. The zero-order valence-corrected chi connectivity index (χ0v) is 10.2. The maximum Gasteiger partial charge on any atom is 0.266 e. The van der Waals surface area contributed by atoms with E-state index in [1.807, 2.05) is 31.2 Å². The molecule has 5 nitrogen and oxygen atoms in total. The van der Waals surface area contributed by atoms with E-state index in [1.54, 1.807) is 13.0 Å². The molecule has 1 amide bonds. The molecule has 0 aliphatic heterocycles. The van der Waals surface area contributed by atoms with E-state index in [2.05, 4.69) is 15.0 Å². The quantitative estimate of drug-likeness (QED) is 0.899. The predicted molar refractivity (Wildman–Crippen MR) is 66.4 cm³/mol. The maximum atomic E-state index is 11.8. The second kappa shape index (κ2) is 5.35. The van der Waals surface area contributed by atoms with Crippen molar-refractivity contribution in [3.05, 3.63) is 42.2 Å². The van der Waals surface area contributed by atoms with Gasteiger partial charge in [0, 0.05) is 6.07 Å². The number of amides is 1. The van der Waals surface area contributed by atoms with Gasteiger partial charge in [-0.2, -0.15) is 0 Å². The van der Waals surface area contributed by atoms with Gasteiger partial charge in [0.05, 0.1) is 0 Å². The van der Waals surface area contributed by atoms with E-state index in [0.29, 0.717) is 11.6 Å². The molecule has 2 rings (SSSR count). The van der Waals surface area contributed by atoms with Crippen LogP contribution in [0.2, 0.25) is 0 Å². The number of aryl methyl sites for hydroxylation is 1. The first-order valence-electron chi connectivity index (χ1n) is 5.60. The maximum absolute atomic E-state index is 11.8. The molecule has 94 valence electrons. The number of rotatable bonds is 4. The third-order valence-electron chi connectivity index (χ3n) is 2.39. The van der Waals surface area contributed by atoms with Gasteiger partial charge in [-0.25, -0.2) is 0 Å². The van der Waals surface area contributed by atoms with E-state index < -0.39 is 6.10 Å². The number of carbonyl (C=O) groups is 1. The number of hydrogen-bond donors (Lipinski definition) is 1. The minimum Gasteiger partial charge on any atom is -0.481 e. The first kappa shape index (κ1) is 12.2. The molecule has 1 unspecified atom stereocenters. The van der Waals surface area contributed by atoms with E-state index in [0.717, 1.165) is 5.56 Å². The summed E-state index contributed by atoms with van der Waals surface area (Å²) in [6.45, 7) is 3.67. The Hall–Kier alpha value is -2.30. The number of anilines is 1. The van der Waals surface area contributed by atoms with Crippen LogP contribution in [0.15, 0.2) is 41.1 Å². The van der Waals surface area contributed by atoms with Crippen molar-refractivity contribution in [1.29, 1.82) is 0 Å². The van der Waals surface area contributed by atoms with Crippen molar-refractivity contribution in [3.8, 4) is 5.75 Å². The summed E-state index contributed by atoms with van der Waals surface area (Å²) in [5, 5.41) is 6.18. The second-order valence-corrected chi connectivity index (χ2v) is 3.95. The third kappa shape index (κ3) is 3.10. The van der Waals surface area contributed by atoms with Gasteiger partial charge in [0.2, 0.25) is 0 Å². The highest BCUT2D eigenvalue weighted by Gasteiger charge is 2.15. The van der Waals surface area contributed by atoms with E-state index in [-0.39, 0.29) is 5.91 Å². The molecular formula is C13H14N2O3. The lowest BCUT2D eigenvalue weighted by molar-refractivity contribution is -0.122. The second-order valence-electron chi connectivity index (χ2n) is 3.95. The average Bonchev–Trinajstić information content (AvgIpc) is 2.85. The lowest BCUT2D eigenvalue weighted by atomic mass is 10.2. The van der Waals surface area contributed by atoms with Gasteiger partial charge in [-0.15, -0.1) is 0 Å². The molecule has 1 N–H and O–H groups in total. The molecule has 0 aliphatic rings. The van der Waals surface area contributed by atoms with Gasteiger partial charge in [-0.3, -0.25) is 4.79 Å². The minimum atomic E-state index is -0.607. The topological polar surface area (TPSA) is 64.4 Å². The molecule has 0 fully saturated rings. The van der Waals surface area contributed by atoms with Gasteiger partial charge in [0.1, 0.15) is 12.0 Å². The van der Waals surface area contributed by atoms with Crippen molar-refractivity contribution < 1.29 is 14.1 Å². The highest BCUT2D eigenvalue weighted by molar-refractivity contribution is 5.93. The van der Waals surface area contributed by atoms with E-state index in [4.69, 9.17) is 4.74 Å². The summed E-state index contributed by atoms with van der Waals surface area (Å²) in [5.74, 6) is 0.757. The smallest absolute Gasteiger partial charge is 0.266 e. The van der Waals surface area contributed by atoms with Crippen LogP contribution in [-0.2, 0) is 4.79 Å². The van der Waals surface area contributed by atoms with Crippen LogP contribution in [0.4, 0.5) is 5.82 Å². The highest BCUT2D eigenvalue weighted by Crippen LogP contribution is 2.14. The lowest BCUT2D eigenvalue weighted by Crippen LogP contribution is -2.30. The molecule has 0 spiro atoms. The van der Waals surface area contributed by atoms with E-state index in [9.17, 15) is 4.79 Å². The Morgan fingerprint density at radius 1 is 1.33 bits per heavy atom. The molecule has 1 aromatic carbocycles. The summed E-state index contributed by atoms with van der Waals surface area (Å²) < 4.78 is 10.1. The molecule has 1 atom stereocenters. The first-order chi connectivity index (χ1) is 8.65. The Labute approximate surface area is 105 Å². The van der Waals surface area contributed by atoms with Crippen molar-refractivity contribution in [2.24, 2.45) is 0 Å². The fraction of sp³-hybridized carbons (Fsp3) is 0.231. The van der Waals surface area contributed by atoms with Gasteiger partial charge in [0.15, 0.2) is 11.9 Å². The number of aromatic nitrogens is 1. The van der Waals surface area contributed by atoms with Crippen LogP contribution >= 0.6 is 0 Å². The Morgan fingerprint density at radius 3 is 2.67 bits per heavy atom. The number of nitrogens with one attached hydrogen (secondary N) is 1. The van der Waals surface area contributed by atoms with Crippen molar-refractivity contribution in [2.45, 2.75) is 20.0 Å². The van der Waals surface area contributed by atoms with Crippen LogP contribution in [0, 0.1) is 6.92 Å². The Bertz CT molecular complexity index is 506. The fourth-order valence-corrected chi connectivity index (χ4v) is 1.38. The minimum absolute atomic E-state index is 0.274. The molecule has 0 aliphatic carbocycles. The van der Waals surface area contributed by atoms with Crippen molar-refractivity contribution in [2.75, 3.05) is 5.32 Å². The van der Waals surface area contributed by atoms with Crippen LogP contribution in [0.1, 0.15) is 12.5 Å². The number of nitrogens with zero attached hydrogens (tertiary/aromatic N) is 1. The SMILES string of the molecule is Cc1ccc(OC(C)C(=O)Nc2ccon2)cc1. The van der Waals surface area contributed by atoms with E-state index >= 15 is 0 Å².